The van der Waals surface area contributed by atoms with E-state index < -0.39 is 18.1 Å². The van der Waals surface area contributed by atoms with Gasteiger partial charge in [-0.3, -0.25) is 0 Å². The van der Waals surface area contributed by atoms with Crippen LogP contribution in [0.4, 0.5) is 4.79 Å². The number of rotatable bonds is 15. The van der Waals surface area contributed by atoms with Gasteiger partial charge in [0.05, 0.1) is 0 Å². The normalized spacial score (nSPS) is 13.2. The van der Waals surface area contributed by atoms with Crippen LogP contribution < -0.4 is 5.32 Å². The molecular weight excluding hydrogens is 426 g/mol. The monoisotopic (exact) mass is 465 g/mol. The van der Waals surface area contributed by atoms with E-state index in [4.69, 9.17) is 4.74 Å². The molecule has 0 saturated heterocycles. The summed E-state index contributed by atoms with van der Waals surface area (Å²) in [5.74, 6) is -1.05. The van der Waals surface area contributed by atoms with Gasteiger partial charge in [0.1, 0.15) is 12.6 Å². The second-order valence-corrected chi connectivity index (χ2v) is 9.33. The van der Waals surface area contributed by atoms with Crippen LogP contribution in [0.15, 0.2) is 48.5 Å². The number of hydrogen-bond donors (Lipinski definition) is 2. The van der Waals surface area contributed by atoms with E-state index in [0.29, 0.717) is 6.42 Å². The third kappa shape index (κ3) is 7.34. The molecule has 2 aromatic rings. The Kier molecular flexibility index (Phi) is 10.5. The number of carbonyl (C=O) groups is 2. The van der Waals surface area contributed by atoms with E-state index in [1.54, 1.807) is 0 Å². The first-order chi connectivity index (χ1) is 16.6. The summed E-state index contributed by atoms with van der Waals surface area (Å²) in [7, 11) is 0. The van der Waals surface area contributed by atoms with Gasteiger partial charge in [0.2, 0.25) is 0 Å². The Bertz CT molecular complexity index is 880. The molecule has 0 unspecified atom stereocenters. The van der Waals surface area contributed by atoms with Gasteiger partial charge in [0.15, 0.2) is 0 Å². The summed E-state index contributed by atoms with van der Waals surface area (Å²) >= 11 is 0. The molecule has 0 aliphatic heterocycles. The van der Waals surface area contributed by atoms with Crippen molar-refractivity contribution >= 4 is 12.1 Å². The maximum Gasteiger partial charge on any atom is 0.407 e. The molecule has 0 heterocycles. The molecule has 0 saturated carbocycles. The molecule has 184 valence electrons. The molecule has 3 rings (SSSR count). The molecule has 2 aromatic carbocycles. The van der Waals surface area contributed by atoms with Crippen molar-refractivity contribution in [2.75, 3.05) is 6.61 Å². The fraction of sp³-hybridized carbons (Fsp3) is 0.517. The number of ether oxygens (including phenoxy) is 1. The molecule has 0 bridgehead atoms. The Labute approximate surface area is 203 Å². The molecule has 1 amide bonds. The fourth-order valence-electron chi connectivity index (χ4n) is 4.88. The number of hydrogen-bond acceptors (Lipinski definition) is 3. The molecule has 0 aromatic heterocycles. The van der Waals surface area contributed by atoms with Crippen LogP contribution in [0.2, 0.25) is 0 Å². The highest BCUT2D eigenvalue weighted by molar-refractivity contribution is 5.81. The van der Waals surface area contributed by atoms with Crippen LogP contribution in [0, 0.1) is 0 Å². The van der Waals surface area contributed by atoms with Crippen LogP contribution in [0.5, 0.6) is 0 Å². The molecule has 1 aliphatic carbocycles. The first-order valence-electron chi connectivity index (χ1n) is 13.0. The zero-order chi connectivity index (χ0) is 24.2. The highest BCUT2D eigenvalue weighted by Gasteiger charge is 2.29. The molecular formula is C29H39NO4. The molecule has 5 nitrogen and oxygen atoms in total. The number of nitrogens with one attached hydrogen (secondary N) is 1. The van der Waals surface area contributed by atoms with Crippen LogP contribution in [-0.4, -0.2) is 29.8 Å². The summed E-state index contributed by atoms with van der Waals surface area (Å²) in [6.45, 7) is 2.41. The Morgan fingerprint density at radius 3 is 1.85 bits per heavy atom. The molecule has 2 N–H and O–H groups in total. The number of benzene rings is 2. The maximum absolute atomic E-state index is 12.4. The summed E-state index contributed by atoms with van der Waals surface area (Å²) < 4.78 is 5.51. The van der Waals surface area contributed by atoms with Gasteiger partial charge in [-0.2, -0.15) is 0 Å². The van der Waals surface area contributed by atoms with E-state index in [0.717, 1.165) is 41.5 Å². The summed E-state index contributed by atoms with van der Waals surface area (Å²) in [5, 5.41) is 12.1. The number of carbonyl (C=O) groups excluding carboxylic acids is 1. The SMILES string of the molecule is CCCCCCCCCCCC[C@@H](NC(=O)OCC1c2ccccc2-c2ccccc21)C(=O)O. The van der Waals surface area contributed by atoms with Crippen LogP contribution in [0.3, 0.4) is 0 Å². The third-order valence-electron chi connectivity index (χ3n) is 6.78. The van der Waals surface area contributed by atoms with Crippen LogP contribution in [0.25, 0.3) is 11.1 Å². The Balaban J connectivity index is 1.39. The number of fused-ring (bicyclic) bond motifs is 3. The van der Waals surface area contributed by atoms with Crippen molar-refractivity contribution < 1.29 is 19.4 Å². The minimum atomic E-state index is -1.01. The van der Waals surface area contributed by atoms with Crippen LogP contribution >= 0.6 is 0 Å². The van der Waals surface area contributed by atoms with E-state index >= 15 is 0 Å². The lowest BCUT2D eigenvalue weighted by Crippen LogP contribution is -2.41. The second-order valence-electron chi connectivity index (χ2n) is 9.33. The summed E-state index contributed by atoms with van der Waals surface area (Å²) in [5.41, 5.74) is 4.60. The average molecular weight is 466 g/mol. The van der Waals surface area contributed by atoms with Gasteiger partial charge in [-0.05, 0) is 28.7 Å². The number of carboxylic acid groups (broad SMARTS) is 1. The quantitative estimate of drug-likeness (QED) is 0.271. The molecule has 5 heteroatoms. The maximum atomic E-state index is 12.4. The molecule has 0 spiro atoms. The van der Waals surface area contributed by atoms with Gasteiger partial charge in [-0.25, -0.2) is 9.59 Å². The Hall–Kier alpha value is -2.82. The number of amides is 1. The lowest BCUT2D eigenvalue weighted by molar-refractivity contribution is -0.139. The Morgan fingerprint density at radius 1 is 0.824 bits per heavy atom. The highest BCUT2D eigenvalue weighted by atomic mass is 16.5. The molecule has 0 radical (unpaired) electrons. The van der Waals surface area contributed by atoms with Crippen molar-refractivity contribution in [3.63, 3.8) is 0 Å². The van der Waals surface area contributed by atoms with Crippen molar-refractivity contribution in [2.24, 2.45) is 0 Å². The topological polar surface area (TPSA) is 75.6 Å². The van der Waals surface area contributed by atoms with E-state index in [1.807, 2.05) is 24.3 Å². The first-order valence-corrected chi connectivity index (χ1v) is 13.0. The minimum Gasteiger partial charge on any atom is -0.480 e. The van der Waals surface area contributed by atoms with Crippen molar-refractivity contribution in [1.82, 2.24) is 5.32 Å². The van der Waals surface area contributed by atoms with Gasteiger partial charge >= 0.3 is 12.1 Å². The number of unbranched alkanes of at least 4 members (excludes halogenated alkanes) is 9. The Morgan fingerprint density at radius 2 is 1.32 bits per heavy atom. The number of aliphatic carboxylic acids is 1. The van der Waals surface area contributed by atoms with E-state index in [2.05, 4.69) is 36.5 Å². The minimum absolute atomic E-state index is 0.0385. The first kappa shape index (κ1) is 25.8. The summed E-state index contributed by atoms with van der Waals surface area (Å²) in [4.78, 5) is 24.1. The van der Waals surface area contributed by atoms with Crippen molar-refractivity contribution in [3.8, 4) is 11.1 Å². The second kappa shape index (κ2) is 13.8. The van der Waals surface area contributed by atoms with Crippen LogP contribution in [-0.2, 0) is 9.53 Å². The largest absolute Gasteiger partial charge is 0.480 e. The lowest BCUT2D eigenvalue weighted by atomic mass is 9.98. The smallest absolute Gasteiger partial charge is 0.407 e. The van der Waals surface area contributed by atoms with Gasteiger partial charge < -0.3 is 15.2 Å². The van der Waals surface area contributed by atoms with Crippen molar-refractivity contribution in [1.29, 1.82) is 0 Å². The van der Waals surface area contributed by atoms with Gasteiger partial charge in [0.25, 0.3) is 0 Å². The van der Waals surface area contributed by atoms with E-state index in [9.17, 15) is 14.7 Å². The molecule has 1 atom stereocenters. The van der Waals surface area contributed by atoms with Crippen molar-refractivity contribution in [3.05, 3.63) is 59.7 Å². The molecule has 1 aliphatic rings. The zero-order valence-corrected chi connectivity index (χ0v) is 20.4. The number of carboxylic acids is 1. The highest BCUT2D eigenvalue weighted by Crippen LogP contribution is 2.44. The lowest BCUT2D eigenvalue weighted by Gasteiger charge is -2.17. The third-order valence-corrected chi connectivity index (χ3v) is 6.78. The fourth-order valence-corrected chi connectivity index (χ4v) is 4.88. The van der Waals surface area contributed by atoms with E-state index in [1.165, 1.54) is 44.9 Å². The summed E-state index contributed by atoms with van der Waals surface area (Å²) in [6, 6.07) is 15.4. The zero-order valence-electron chi connectivity index (χ0n) is 20.4. The van der Waals surface area contributed by atoms with Crippen LogP contribution in [0.1, 0.15) is 94.6 Å². The van der Waals surface area contributed by atoms with Gasteiger partial charge in [-0.15, -0.1) is 0 Å². The average Bonchev–Trinajstić information content (AvgIpc) is 3.16. The van der Waals surface area contributed by atoms with Gasteiger partial charge in [0, 0.05) is 5.92 Å². The summed E-state index contributed by atoms with van der Waals surface area (Å²) in [6.07, 6.45) is 11.7. The predicted octanol–water partition coefficient (Wildman–Crippen LogP) is 7.29. The molecule has 0 fully saturated rings. The standard InChI is InChI=1S/C29H39NO4/c1-2-3-4-5-6-7-8-9-10-11-20-27(28(31)32)30-29(33)34-21-26-24-18-14-12-16-22(24)23-17-13-15-19-25(23)26/h12-19,26-27H,2-11,20-21H2,1H3,(H,30,33)(H,31,32)/t27-/m1/s1. The predicted molar refractivity (Wildman–Crippen MR) is 136 cm³/mol. The van der Waals surface area contributed by atoms with Gasteiger partial charge in [-0.1, -0.05) is 120 Å². The molecule has 34 heavy (non-hydrogen) atoms. The van der Waals surface area contributed by atoms with Crippen molar-refractivity contribution in [2.45, 2.75) is 89.5 Å². The van der Waals surface area contributed by atoms with E-state index in [-0.39, 0.29) is 12.5 Å². The number of alkyl carbamates (subject to hydrolysis) is 1.